The molecule has 0 amide bonds. The molecule has 0 spiro atoms. The Bertz CT molecular complexity index is 660. The van der Waals surface area contributed by atoms with Gasteiger partial charge in [-0.3, -0.25) is 0 Å². The molecule has 0 aliphatic heterocycles. The normalized spacial score (nSPS) is 13.8. The number of alkyl halides is 6. The zero-order chi connectivity index (χ0) is 20.3. The highest BCUT2D eigenvalue weighted by Gasteiger charge is 2.62. The molecule has 0 radical (unpaired) electrons. The van der Waals surface area contributed by atoms with Gasteiger partial charge in [-0.15, -0.1) is 0 Å². The monoisotopic (exact) mass is 420 g/mol. The summed E-state index contributed by atoms with van der Waals surface area (Å²) in [6.45, 7) is 4.04. The van der Waals surface area contributed by atoms with E-state index in [0.717, 1.165) is 0 Å². The largest absolute Gasteiger partial charge is 0.498 e. The Balaban J connectivity index is 5.29. The summed E-state index contributed by atoms with van der Waals surface area (Å²) in [6.07, 6.45) is -2.50. The van der Waals surface area contributed by atoms with Crippen molar-refractivity contribution in [1.29, 1.82) is 0 Å². The fraction of sp³-hybridized carbons (Fsp3) is 0.727. The third kappa shape index (κ3) is 5.87. The predicted octanol–water partition coefficient (Wildman–Crippen LogP) is 2.47. The van der Waals surface area contributed by atoms with Crippen LogP contribution in [0.2, 0.25) is 0 Å². The van der Waals surface area contributed by atoms with E-state index >= 15 is 0 Å². The van der Waals surface area contributed by atoms with Crippen molar-refractivity contribution in [1.82, 2.24) is 0 Å². The maximum atomic E-state index is 12.5. The van der Waals surface area contributed by atoms with Crippen LogP contribution in [-0.2, 0) is 29.2 Å². The molecule has 0 heterocycles. The number of ether oxygens (including phenoxy) is 1. The lowest BCUT2D eigenvalue weighted by Crippen LogP contribution is -2.44. The van der Waals surface area contributed by atoms with Crippen LogP contribution >= 0.6 is 0 Å². The van der Waals surface area contributed by atoms with E-state index in [1.807, 2.05) is 0 Å². The smallest absolute Gasteiger partial charge is 0.462 e. The molecular formula is C11H14F6O6S2. The Morgan fingerprint density at radius 2 is 1.36 bits per heavy atom. The molecule has 0 unspecified atom stereocenters. The molecule has 148 valence electrons. The average Bonchev–Trinajstić information content (AvgIpc) is 2.38. The number of hydrogen-bond donors (Lipinski definition) is 0. The maximum Gasteiger partial charge on any atom is 0.498 e. The van der Waals surface area contributed by atoms with Gasteiger partial charge in [-0.2, -0.15) is 26.3 Å². The van der Waals surface area contributed by atoms with E-state index in [0.29, 0.717) is 0 Å². The van der Waals surface area contributed by atoms with Gasteiger partial charge in [-0.25, -0.2) is 21.6 Å². The highest BCUT2D eigenvalue weighted by atomic mass is 32.3. The van der Waals surface area contributed by atoms with Gasteiger partial charge in [0.2, 0.25) is 0 Å². The molecule has 0 N–H and O–H groups in total. The van der Waals surface area contributed by atoms with Gasteiger partial charge in [0, 0.05) is 5.57 Å². The van der Waals surface area contributed by atoms with E-state index in [2.05, 4.69) is 11.3 Å². The van der Waals surface area contributed by atoms with Crippen molar-refractivity contribution >= 4 is 25.6 Å². The Morgan fingerprint density at radius 3 is 1.68 bits per heavy atom. The van der Waals surface area contributed by atoms with Gasteiger partial charge in [0.1, 0.15) is 0 Å². The van der Waals surface area contributed by atoms with Crippen molar-refractivity contribution < 1.29 is 52.7 Å². The summed E-state index contributed by atoms with van der Waals surface area (Å²) in [5.41, 5.74) is -12.4. The lowest BCUT2D eigenvalue weighted by Gasteiger charge is -2.20. The van der Waals surface area contributed by atoms with Gasteiger partial charge in [0.15, 0.2) is 4.58 Å². The van der Waals surface area contributed by atoms with E-state index in [4.69, 9.17) is 0 Å². The Kier molecular flexibility index (Phi) is 7.51. The summed E-state index contributed by atoms with van der Waals surface area (Å²) in [7, 11) is -13.3. The number of halogens is 6. The molecule has 0 aliphatic carbocycles. The highest BCUT2D eigenvalue weighted by molar-refractivity contribution is 8.09. The minimum Gasteiger partial charge on any atom is -0.462 e. The summed E-state index contributed by atoms with van der Waals surface area (Å²) in [4.78, 5) is 11.0. The minimum absolute atomic E-state index is 0.0165. The molecule has 25 heavy (non-hydrogen) atoms. The molecule has 0 aromatic heterocycles. The van der Waals surface area contributed by atoms with Gasteiger partial charge < -0.3 is 4.74 Å². The van der Waals surface area contributed by atoms with Gasteiger partial charge in [-0.05, 0) is 26.2 Å². The van der Waals surface area contributed by atoms with Crippen LogP contribution in [0.3, 0.4) is 0 Å². The molecule has 0 saturated heterocycles. The van der Waals surface area contributed by atoms with Crippen LogP contribution in [0.4, 0.5) is 26.3 Å². The van der Waals surface area contributed by atoms with E-state index in [9.17, 15) is 48.0 Å². The van der Waals surface area contributed by atoms with Gasteiger partial charge in [-0.1, -0.05) is 6.58 Å². The number of hydrogen-bond acceptors (Lipinski definition) is 6. The molecule has 0 aromatic rings. The SMILES string of the molecule is C=C(C)C(=O)OCCCCC(S(=O)(=O)C(F)(F)F)S(=O)(=O)C(F)(F)F. The van der Waals surface area contributed by atoms with E-state index in [1.165, 1.54) is 6.92 Å². The first-order valence-corrected chi connectivity index (χ1v) is 9.48. The van der Waals surface area contributed by atoms with E-state index in [1.54, 1.807) is 0 Å². The number of unbranched alkanes of at least 4 members (excludes halogenated alkanes) is 1. The van der Waals surface area contributed by atoms with Crippen LogP contribution in [0.5, 0.6) is 0 Å². The lowest BCUT2D eigenvalue weighted by molar-refractivity contribution is -0.139. The predicted molar refractivity (Wildman–Crippen MR) is 73.4 cm³/mol. The second kappa shape index (κ2) is 7.93. The molecule has 6 nitrogen and oxygen atoms in total. The molecule has 0 rings (SSSR count). The highest BCUT2D eigenvalue weighted by Crippen LogP contribution is 2.38. The van der Waals surface area contributed by atoms with E-state index in [-0.39, 0.29) is 12.0 Å². The summed E-state index contributed by atoms with van der Waals surface area (Å²) >= 11 is 0. The topological polar surface area (TPSA) is 94.6 Å². The minimum atomic E-state index is -6.63. The molecule has 0 aromatic carbocycles. The average molecular weight is 420 g/mol. The number of sulfone groups is 2. The number of carbonyl (C=O) groups is 1. The van der Waals surface area contributed by atoms with Crippen LogP contribution in [0.15, 0.2) is 12.2 Å². The third-order valence-electron chi connectivity index (χ3n) is 2.75. The zero-order valence-corrected chi connectivity index (χ0v) is 14.3. The van der Waals surface area contributed by atoms with Crippen LogP contribution in [0.25, 0.3) is 0 Å². The Morgan fingerprint density at radius 1 is 0.960 bits per heavy atom. The number of rotatable bonds is 8. The summed E-state index contributed by atoms with van der Waals surface area (Å²) in [5.74, 6) is -0.873. The molecular weight excluding hydrogens is 406 g/mol. The first-order valence-electron chi connectivity index (χ1n) is 6.39. The lowest BCUT2D eigenvalue weighted by atomic mass is 10.2. The van der Waals surface area contributed by atoms with Gasteiger partial charge >= 0.3 is 17.0 Å². The zero-order valence-electron chi connectivity index (χ0n) is 12.6. The van der Waals surface area contributed by atoms with Crippen molar-refractivity contribution in [2.45, 2.75) is 41.8 Å². The second-order valence-corrected chi connectivity index (χ2v) is 9.37. The first kappa shape index (κ1) is 23.7. The molecule has 0 bridgehead atoms. The first-order chi connectivity index (χ1) is 11.0. The molecule has 14 heteroatoms. The molecule has 0 aliphatic rings. The summed E-state index contributed by atoms with van der Waals surface area (Å²) in [5, 5.41) is 0. The quantitative estimate of drug-likeness (QED) is 0.259. The van der Waals surface area contributed by atoms with Crippen molar-refractivity contribution in [2.75, 3.05) is 6.61 Å². The molecule has 0 atom stereocenters. The summed E-state index contributed by atoms with van der Waals surface area (Å²) < 4.78 is 120. The van der Waals surface area contributed by atoms with Crippen LogP contribution < -0.4 is 0 Å². The second-order valence-electron chi connectivity index (χ2n) is 4.82. The van der Waals surface area contributed by atoms with Crippen molar-refractivity contribution in [3.63, 3.8) is 0 Å². The van der Waals surface area contributed by atoms with Crippen molar-refractivity contribution in [3.05, 3.63) is 12.2 Å². The standard InChI is InChI=1S/C11H14F6O6S2/c1-7(2)9(18)23-6-4-3-5-8(24(19,20)10(12,13)14)25(21,22)11(15,16)17/h8H,1,3-6H2,2H3. The van der Waals surface area contributed by atoms with Crippen LogP contribution in [0.1, 0.15) is 26.2 Å². The Hall–Kier alpha value is -1.31. The number of esters is 1. The van der Waals surface area contributed by atoms with Crippen LogP contribution in [0, 0.1) is 0 Å². The van der Waals surface area contributed by atoms with Crippen LogP contribution in [-0.4, -0.2) is 45.0 Å². The number of carbonyl (C=O) groups excluding carboxylic acids is 1. The fourth-order valence-electron chi connectivity index (χ4n) is 1.48. The maximum absolute atomic E-state index is 12.5. The van der Waals surface area contributed by atoms with E-state index < -0.39 is 60.7 Å². The molecule has 0 fully saturated rings. The van der Waals surface area contributed by atoms with Crippen molar-refractivity contribution in [2.24, 2.45) is 0 Å². The summed E-state index contributed by atoms with van der Waals surface area (Å²) in [6, 6.07) is 0. The van der Waals surface area contributed by atoms with Gasteiger partial charge in [0.05, 0.1) is 6.61 Å². The van der Waals surface area contributed by atoms with Gasteiger partial charge in [0.25, 0.3) is 19.7 Å². The molecule has 0 saturated carbocycles. The fourth-order valence-corrected chi connectivity index (χ4v) is 5.02. The third-order valence-corrected chi connectivity index (χ3v) is 7.42. The Labute approximate surface area is 139 Å². The van der Waals surface area contributed by atoms with Crippen molar-refractivity contribution in [3.8, 4) is 0 Å².